The predicted octanol–water partition coefficient (Wildman–Crippen LogP) is 2.83. The smallest absolute Gasteiger partial charge is 0.410 e. The summed E-state index contributed by atoms with van der Waals surface area (Å²) in [5.74, 6) is -1.43. The second-order valence-corrected chi connectivity index (χ2v) is 7.91. The first-order valence-corrected chi connectivity index (χ1v) is 9.05. The van der Waals surface area contributed by atoms with Crippen LogP contribution in [-0.2, 0) is 36.9 Å². The molecule has 0 spiro atoms. The monoisotopic (exact) mass is 442 g/mol. The van der Waals surface area contributed by atoms with E-state index in [1.165, 1.54) is 14.2 Å². The number of rotatable bonds is 4. The summed E-state index contributed by atoms with van der Waals surface area (Å²) in [6.45, 7) is 6.20. The van der Waals surface area contributed by atoms with E-state index in [-0.39, 0.29) is 0 Å². The number of fused-ring (bicyclic) bond motifs is 1. The van der Waals surface area contributed by atoms with Crippen LogP contribution in [-0.4, -0.2) is 48.8 Å². The molecule has 0 aromatic heterocycles. The average molecular weight is 443 g/mol. The first kappa shape index (κ1) is 21.2. The van der Waals surface area contributed by atoms with E-state index >= 15 is 0 Å². The van der Waals surface area contributed by atoms with E-state index in [9.17, 15) is 14.4 Å². The molecule has 1 aliphatic heterocycles. The maximum Gasteiger partial charge on any atom is 0.410 e. The summed E-state index contributed by atoms with van der Waals surface area (Å²) >= 11 is 3.47. The van der Waals surface area contributed by atoms with Gasteiger partial charge in [0.1, 0.15) is 5.60 Å². The number of benzene rings is 1. The van der Waals surface area contributed by atoms with Gasteiger partial charge in [-0.25, -0.2) is 9.59 Å². The summed E-state index contributed by atoms with van der Waals surface area (Å²) in [6, 6.07) is 3.46. The maximum atomic E-state index is 12.3. The zero-order valence-corrected chi connectivity index (χ0v) is 17.5. The molecule has 0 saturated heterocycles. The van der Waals surface area contributed by atoms with Gasteiger partial charge in [0.05, 0.1) is 13.7 Å². The topological polar surface area (TPSA) is 94.2 Å². The number of esters is 1. The lowest BCUT2D eigenvalue weighted by Crippen LogP contribution is -2.37. The highest BCUT2D eigenvalue weighted by molar-refractivity contribution is 9.10. The molecule has 1 aromatic carbocycles. The number of amides is 2. The van der Waals surface area contributed by atoms with Crippen molar-refractivity contribution in [1.29, 1.82) is 0 Å². The molecule has 1 atom stereocenters. The molecule has 1 N–H and O–H groups in total. The first-order chi connectivity index (χ1) is 12.6. The van der Waals surface area contributed by atoms with Gasteiger partial charge >= 0.3 is 12.1 Å². The van der Waals surface area contributed by atoms with E-state index in [2.05, 4.69) is 26.0 Å². The van der Waals surface area contributed by atoms with Crippen LogP contribution in [0.1, 0.15) is 31.9 Å². The van der Waals surface area contributed by atoms with Crippen molar-refractivity contribution in [3.8, 4) is 0 Å². The molecule has 0 bridgehead atoms. The van der Waals surface area contributed by atoms with Crippen LogP contribution in [0.4, 0.5) is 10.5 Å². The van der Waals surface area contributed by atoms with Gasteiger partial charge in [0.15, 0.2) is 0 Å². The molecule has 0 aliphatic carbocycles. The second-order valence-electron chi connectivity index (χ2n) is 7.06. The number of methoxy groups -OCH3 is 2. The SMILES string of the molecule is COC(=O)C(OC)C(=O)Nc1cc(Br)c2c(c1)CN(C(=O)OC(C)(C)C)C2. The van der Waals surface area contributed by atoms with Gasteiger partial charge in [0, 0.05) is 23.8 Å². The Bertz CT molecular complexity index is 759. The Morgan fingerprint density at radius 1 is 1.19 bits per heavy atom. The molecule has 1 aliphatic rings. The normalized spacial score (nSPS) is 14.4. The van der Waals surface area contributed by atoms with Gasteiger partial charge in [-0.3, -0.25) is 9.69 Å². The molecule has 0 radical (unpaired) electrons. The summed E-state index contributed by atoms with van der Waals surface area (Å²) in [5, 5.41) is 2.63. The van der Waals surface area contributed by atoms with Crippen molar-refractivity contribution in [2.24, 2.45) is 0 Å². The van der Waals surface area contributed by atoms with Crippen LogP contribution in [0, 0.1) is 0 Å². The Morgan fingerprint density at radius 3 is 2.41 bits per heavy atom. The van der Waals surface area contributed by atoms with E-state index < -0.39 is 29.7 Å². The molecule has 2 rings (SSSR count). The average Bonchev–Trinajstić information content (AvgIpc) is 2.98. The number of nitrogens with one attached hydrogen (secondary N) is 1. The molecule has 8 nitrogen and oxygen atoms in total. The highest BCUT2D eigenvalue weighted by atomic mass is 79.9. The zero-order valence-electron chi connectivity index (χ0n) is 15.9. The Labute approximate surface area is 166 Å². The van der Waals surface area contributed by atoms with E-state index in [4.69, 9.17) is 9.47 Å². The van der Waals surface area contributed by atoms with Crippen LogP contribution >= 0.6 is 15.9 Å². The molecule has 9 heteroatoms. The minimum absolute atomic E-state index is 0.358. The maximum absolute atomic E-state index is 12.3. The van der Waals surface area contributed by atoms with E-state index in [0.29, 0.717) is 18.8 Å². The number of hydrogen-bond acceptors (Lipinski definition) is 6. The summed E-state index contributed by atoms with van der Waals surface area (Å²) in [6.07, 6.45) is -1.76. The Hall–Kier alpha value is -2.13. The highest BCUT2D eigenvalue weighted by Gasteiger charge is 2.31. The fourth-order valence-corrected chi connectivity index (χ4v) is 3.24. The van der Waals surface area contributed by atoms with E-state index in [0.717, 1.165) is 15.6 Å². The molecule has 0 saturated carbocycles. The fourth-order valence-electron chi connectivity index (χ4n) is 2.62. The van der Waals surface area contributed by atoms with Crippen LogP contribution in [0.2, 0.25) is 0 Å². The number of nitrogens with zero attached hydrogens (tertiary/aromatic N) is 1. The Kier molecular flexibility index (Phi) is 6.48. The Balaban J connectivity index is 2.14. The van der Waals surface area contributed by atoms with Crippen LogP contribution < -0.4 is 5.32 Å². The number of hydrogen-bond donors (Lipinski definition) is 1. The lowest BCUT2D eigenvalue weighted by Gasteiger charge is -2.24. The molecule has 27 heavy (non-hydrogen) atoms. The van der Waals surface area contributed by atoms with Crippen molar-refractivity contribution in [2.45, 2.75) is 45.6 Å². The molecule has 0 fully saturated rings. The van der Waals surface area contributed by atoms with Crippen molar-refractivity contribution < 1.29 is 28.6 Å². The quantitative estimate of drug-likeness (QED) is 0.568. The second kappa shape index (κ2) is 8.26. The zero-order chi connectivity index (χ0) is 20.4. The summed E-state index contributed by atoms with van der Waals surface area (Å²) in [5.41, 5.74) is 1.71. The summed E-state index contributed by atoms with van der Waals surface area (Å²) in [7, 11) is 2.43. The molecule has 1 unspecified atom stereocenters. The third-order valence-corrected chi connectivity index (χ3v) is 4.51. The molecule has 1 heterocycles. The largest absolute Gasteiger partial charge is 0.467 e. The third-order valence-electron chi connectivity index (χ3n) is 3.81. The van der Waals surface area contributed by atoms with Crippen molar-refractivity contribution in [3.05, 3.63) is 27.7 Å². The van der Waals surface area contributed by atoms with E-state index in [1.54, 1.807) is 17.0 Å². The highest BCUT2D eigenvalue weighted by Crippen LogP contribution is 2.33. The minimum atomic E-state index is -1.36. The van der Waals surface area contributed by atoms with Gasteiger partial charge in [0.25, 0.3) is 5.91 Å². The lowest BCUT2D eigenvalue weighted by molar-refractivity contribution is -0.156. The number of anilines is 1. The van der Waals surface area contributed by atoms with E-state index in [1.807, 2.05) is 20.8 Å². The van der Waals surface area contributed by atoms with Crippen LogP contribution in [0.15, 0.2) is 16.6 Å². The van der Waals surface area contributed by atoms with Crippen LogP contribution in [0.3, 0.4) is 0 Å². The number of carbonyl (C=O) groups is 3. The van der Waals surface area contributed by atoms with Crippen molar-refractivity contribution in [1.82, 2.24) is 4.90 Å². The molecule has 148 valence electrons. The van der Waals surface area contributed by atoms with Crippen LogP contribution in [0.25, 0.3) is 0 Å². The molecule has 2 amide bonds. The van der Waals surface area contributed by atoms with Crippen LogP contribution in [0.5, 0.6) is 0 Å². The number of halogens is 1. The van der Waals surface area contributed by atoms with Gasteiger partial charge < -0.3 is 19.5 Å². The fraction of sp³-hybridized carbons (Fsp3) is 0.500. The summed E-state index contributed by atoms with van der Waals surface area (Å²) in [4.78, 5) is 37.7. The predicted molar refractivity (Wildman–Crippen MR) is 101 cm³/mol. The van der Waals surface area contributed by atoms with Crippen molar-refractivity contribution >= 4 is 39.6 Å². The number of ether oxygens (including phenoxy) is 3. The van der Waals surface area contributed by atoms with Gasteiger partial charge in [0.2, 0.25) is 6.10 Å². The van der Waals surface area contributed by atoms with Gasteiger partial charge in [-0.05, 0) is 44.0 Å². The first-order valence-electron chi connectivity index (χ1n) is 8.26. The standard InChI is InChI=1S/C18H23BrN2O6/c1-18(2,3)27-17(24)21-8-10-6-11(7-13(19)12(10)9-21)20-15(22)14(25-4)16(23)26-5/h6-7,14H,8-9H2,1-5H3,(H,20,22). The molecule has 1 aromatic rings. The third kappa shape index (κ3) is 5.20. The van der Waals surface area contributed by atoms with Gasteiger partial charge in [-0.2, -0.15) is 0 Å². The lowest BCUT2D eigenvalue weighted by atomic mass is 10.1. The minimum Gasteiger partial charge on any atom is -0.467 e. The Morgan fingerprint density at radius 2 is 1.85 bits per heavy atom. The molecular weight excluding hydrogens is 420 g/mol. The summed E-state index contributed by atoms with van der Waals surface area (Å²) < 4.78 is 15.6. The van der Waals surface area contributed by atoms with Crippen molar-refractivity contribution in [2.75, 3.05) is 19.5 Å². The van der Waals surface area contributed by atoms with Gasteiger partial charge in [-0.1, -0.05) is 15.9 Å². The number of carbonyl (C=O) groups excluding carboxylic acids is 3. The van der Waals surface area contributed by atoms with Crippen molar-refractivity contribution in [3.63, 3.8) is 0 Å². The molecular formula is C18H23BrN2O6. The van der Waals surface area contributed by atoms with Gasteiger partial charge in [-0.15, -0.1) is 0 Å².